The summed E-state index contributed by atoms with van der Waals surface area (Å²) < 4.78 is 1.62. The topological polar surface area (TPSA) is 133 Å². The van der Waals surface area contributed by atoms with Crippen molar-refractivity contribution in [3.05, 3.63) is 35.4 Å². The van der Waals surface area contributed by atoms with Gasteiger partial charge in [-0.15, -0.1) is 11.3 Å². The molecule has 3 aromatic heterocycles. The predicted molar refractivity (Wildman–Crippen MR) is 88.9 cm³/mol. The third kappa shape index (κ3) is 2.90. The van der Waals surface area contributed by atoms with Gasteiger partial charge in [0.1, 0.15) is 16.8 Å². The summed E-state index contributed by atoms with van der Waals surface area (Å²) in [4.78, 5) is 16.7. The van der Waals surface area contributed by atoms with E-state index in [2.05, 4.69) is 25.6 Å². The molecule has 10 heteroatoms. The molecule has 9 nitrogen and oxygen atoms in total. The third-order valence-electron chi connectivity index (χ3n) is 4.03. The molecule has 0 saturated heterocycles. The molecule has 3 N–H and O–H groups in total. The van der Waals surface area contributed by atoms with Gasteiger partial charge in [0.05, 0.1) is 30.2 Å². The molecule has 1 amide bonds. The Morgan fingerprint density at radius 2 is 2.36 bits per heavy atom. The number of thiazole rings is 1. The minimum absolute atomic E-state index is 0.0553. The SMILES string of the molecule is N#Cc1nn([C@H]2C[C@H](O)C2)cc1NC(=O)c1csc(-c2cn[nH]c2)n1. The number of nitrogens with zero attached hydrogens (tertiary/aromatic N) is 5. The van der Waals surface area contributed by atoms with E-state index < -0.39 is 5.91 Å². The minimum atomic E-state index is -0.407. The Morgan fingerprint density at radius 3 is 3.04 bits per heavy atom. The lowest BCUT2D eigenvalue weighted by Crippen LogP contribution is -2.31. The van der Waals surface area contributed by atoms with E-state index in [1.807, 2.05) is 6.07 Å². The number of aliphatic hydroxyl groups is 1. The lowest BCUT2D eigenvalue weighted by molar-refractivity contribution is 0.0434. The first-order valence-corrected chi connectivity index (χ1v) is 8.45. The van der Waals surface area contributed by atoms with Crippen LogP contribution in [0.4, 0.5) is 5.69 Å². The molecule has 0 aromatic carbocycles. The van der Waals surface area contributed by atoms with Gasteiger partial charge in [0, 0.05) is 17.1 Å². The number of carbonyl (C=O) groups excluding carboxylic acids is 1. The van der Waals surface area contributed by atoms with Crippen molar-refractivity contribution in [1.29, 1.82) is 5.26 Å². The number of hydrogen-bond acceptors (Lipinski definition) is 7. The molecular formula is C15H13N7O2S. The van der Waals surface area contributed by atoms with Gasteiger partial charge < -0.3 is 10.4 Å². The summed E-state index contributed by atoms with van der Waals surface area (Å²) in [5.74, 6) is -0.407. The van der Waals surface area contributed by atoms with Crippen LogP contribution in [0.3, 0.4) is 0 Å². The van der Waals surface area contributed by atoms with Crippen LogP contribution in [0.25, 0.3) is 10.6 Å². The molecule has 0 aliphatic heterocycles. The highest BCUT2D eigenvalue weighted by molar-refractivity contribution is 7.13. The van der Waals surface area contributed by atoms with Gasteiger partial charge in [-0.05, 0) is 12.8 Å². The first-order valence-electron chi connectivity index (χ1n) is 7.57. The first-order chi connectivity index (χ1) is 12.1. The van der Waals surface area contributed by atoms with Crippen LogP contribution in [0, 0.1) is 11.3 Å². The van der Waals surface area contributed by atoms with E-state index in [0.717, 1.165) is 5.56 Å². The fourth-order valence-corrected chi connectivity index (χ4v) is 3.37. The number of anilines is 1. The highest BCUT2D eigenvalue weighted by Crippen LogP contribution is 2.33. The van der Waals surface area contributed by atoms with Gasteiger partial charge in [-0.25, -0.2) is 4.98 Å². The number of hydrogen-bond donors (Lipinski definition) is 3. The number of aromatic nitrogens is 5. The number of aliphatic hydroxyl groups excluding tert-OH is 1. The molecule has 3 heterocycles. The van der Waals surface area contributed by atoms with Crippen molar-refractivity contribution < 1.29 is 9.90 Å². The number of amides is 1. The summed E-state index contributed by atoms with van der Waals surface area (Å²) >= 11 is 1.33. The molecular weight excluding hydrogens is 342 g/mol. The summed E-state index contributed by atoms with van der Waals surface area (Å²) in [7, 11) is 0. The molecule has 1 fully saturated rings. The average molecular weight is 355 g/mol. The van der Waals surface area contributed by atoms with Crippen molar-refractivity contribution in [2.24, 2.45) is 0 Å². The van der Waals surface area contributed by atoms with Crippen molar-refractivity contribution in [2.45, 2.75) is 25.0 Å². The fourth-order valence-electron chi connectivity index (χ4n) is 2.59. The number of carbonyl (C=O) groups is 1. The Hall–Kier alpha value is -3.03. The predicted octanol–water partition coefficient (Wildman–Crippen LogP) is 1.55. The zero-order valence-corrected chi connectivity index (χ0v) is 13.7. The number of H-pyrrole nitrogens is 1. The van der Waals surface area contributed by atoms with Crippen molar-refractivity contribution in [1.82, 2.24) is 25.0 Å². The highest BCUT2D eigenvalue weighted by atomic mass is 32.1. The second-order valence-electron chi connectivity index (χ2n) is 5.74. The molecule has 0 radical (unpaired) electrons. The molecule has 1 saturated carbocycles. The van der Waals surface area contributed by atoms with Crippen LogP contribution in [0.1, 0.15) is 35.1 Å². The van der Waals surface area contributed by atoms with Gasteiger partial charge >= 0.3 is 0 Å². The van der Waals surface area contributed by atoms with Crippen molar-refractivity contribution in [3.8, 4) is 16.6 Å². The summed E-state index contributed by atoms with van der Waals surface area (Å²) in [6.45, 7) is 0. The van der Waals surface area contributed by atoms with Gasteiger partial charge in [-0.1, -0.05) is 0 Å². The van der Waals surface area contributed by atoms with E-state index in [4.69, 9.17) is 0 Å². The first kappa shape index (κ1) is 15.5. The second kappa shape index (κ2) is 6.12. The molecule has 0 unspecified atom stereocenters. The number of rotatable bonds is 4. The van der Waals surface area contributed by atoms with E-state index in [-0.39, 0.29) is 23.5 Å². The van der Waals surface area contributed by atoms with E-state index >= 15 is 0 Å². The summed E-state index contributed by atoms with van der Waals surface area (Å²) in [5, 5.41) is 34.4. The van der Waals surface area contributed by atoms with Crippen LogP contribution < -0.4 is 5.32 Å². The largest absolute Gasteiger partial charge is 0.393 e. The number of nitriles is 1. The van der Waals surface area contributed by atoms with Crippen LogP contribution in [0.2, 0.25) is 0 Å². The maximum atomic E-state index is 12.4. The van der Waals surface area contributed by atoms with Gasteiger partial charge in [-0.3, -0.25) is 14.6 Å². The maximum Gasteiger partial charge on any atom is 0.275 e. The van der Waals surface area contributed by atoms with Crippen LogP contribution in [0.5, 0.6) is 0 Å². The van der Waals surface area contributed by atoms with Crippen molar-refractivity contribution in [2.75, 3.05) is 5.32 Å². The average Bonchev–Trinajstić information content (AvgIpc) is 3.30. The Labute approximate surface area is 145 Å². The molecule has 25 heavy (non-hydrogen) atoms. The molecule has 3 aromatic rings. The summed E-state index contributed by atoms with van der Waals surface area (Å²) in [5.41, 5.74) is 1.54. The van der Waals surface area contributed by atoms with Gasteiger partial charge in [0.2, 0.25) is 0 Å². The molecule has 4 rings (SSSR count). The molecule has 0 spiro atoms. The lowest BCUT2D eigenvalue weighted by atomic mass is 9.90. The van der Waals surface area contributed by atoms with Crippen LogP contribution in [0.15, 0.2) is 24.0 Å². The fraction of sp³-hybridized carbons (Fsp3) is 0.267. The molecule has 126 valence electrons. The summed E-state index contributed by atoms with van der Waals surface area (Å²) in [6, 6.07) is 2.03. The highest BCUT2D eigenvalue weighted by Gasteiger charge is 2.30. The van der Waals surface area contributed by atoms with E-state index in [0.29, 0.717) is 23.5 Å². The zero-order valence-electron chi connectivity index (χ0n) is 12.9. The smallest absolute Gasteiger partial charge is 0.275 e. The lowest BCUT2D eigenvalue weighted by Gasteiger charge is -2.31. The zero-order chi connectivity index (χ0) is 17.4. The maximum absolute atomic E-state index is 12.4. The Morgan fingerprint density at radius 1 is 1.52 bits per heavy atom. The number of aromatic amines is 1. The Bertz CT molecular complexity index is 947. The van der Waals surface area contributed by atoms with Gasteiger partial charge in [0.15, 0.2) is 5.69 Å². The minimum Gasteiger partial charge on any atom is -0.393 e. The molecule has 0 bridgehead atoms. The van der Waals surface area contributed by atoms with Crippen LogP contribution in [-0.2, 0) is 0 Å². The summed E-state index contributed by atoms with van der Waals surface area (Å²) in [6.07, 6.45) is 5.82. The third-order valence-corrected chi connectivity index (χ3v) is 4.92. The quantitative estimate of drug-likeness (QED) is 0.650. The van der Waals surface area contributed by atoms with Gasteiger partial charge in [-0.2, -0.15) is 15.5 Å². The molecule has 1 aliphatic rings. The molecule has 1 aliphatic carbocycles. The van der Waals surface area contributed by atoms with Crippen molar-refractivity contribution >= 4 is 22.9 Å². The van der Waals surface area contributed by atoms with Crippen LogP contribution >= 0.6 is 11.3 Å². The monoisotopic (exact) mass is 355 g/mol. The van der Waals surface area contributed by atoms with Crippen LogP contribution in [-0.4, -0.2) is 42.1 Å². The number of nitrogens with one attached hydrogen (secondary N) is 2. The normalized spacial score (nSPS) is 19.2. The van der Waals surface area contributed by atoms with Crippen molar-refractivity contribution in [3.63, 3.8) is 0 Å². The second-order valence-corrected chi connectivity index (χ2v) is 6.60. The Kier molecular flexibility index (Phi) is 3.79. The standard InChI is InChI=1S/C15H13N7O2S/c16-3-11-12(6-22(21-11)9-1-10(23)2-9)19-14(24)13-7-25-15(20-13)8-4-17-18-5-8/h4-7,9-10,23H,1-2H2,(H,17,18)(H,19,24)/t9-,10-. The van der Waals surface area contributed by atoms with E-state index in [1.165, 1.54) is 11.3 Å². The van der Waals surface area contributed by atoms with E-state index in [1.54, 1.807) is 28.7 Å². The van der Waals surface area contributed by atoms with Gasteiger partial charge in [0.25, 0.3) is 5.91 Å². The molecule has 0 atom stereocenters. The Balaban J connectivity index is 1.52. The van der Waals surface area contributed by atoms with E-state index in [9.17, 15) is 15.2 Å².